The molecule has 7 nitrogen and oxygen atoms in total. The molecule has 0 saturated carbocycles. The monoisotopic (exact) mass is 489 g/mol. The Labute approximate surface area is 213 Å². The van der Waals surface area contributed by atoms with Crippen LogP contribution >= 0.6 is 0 Å². The van der Waals surface area contributed by atoms with Gasteiger partial charge in [-0.2, -0.15) is 0 Å². The predicted molar refractivity (Wildman–Crippen MR) is 140 cm³/mol. The van der Waals surface area contributed by atoms with Gasteiger partial charge in [0.15, 0.2) is 0 Å². The number of fused-ring (bicyclic) bond motifs is 1. The smallest absolute Gasteiger partial charge is 0.259 e. The summed E-state index contributed by atoms with van der Waals surface area (Å²) in [4.78, 5) is 22.2. The summed E-state index contributed by atoms with van der Waals surface area (Å²) >= 11 is 0. The van der Waals surface area contributed by atoms with E-state index in [-0.39, 0.29) is 30.6 Å². The van der Waals surface area contributed by atoms with Crippen LogP contribution in [0, 0.1) is 5.92 Å². The summed E-state index contributed by atoms with van der Waals surface area (Å²) in [7, 11) is 3.70. The van der Waals surface area contributed by atoms with Crippen molar-refractivity contribution in [1.29, 1.82) is 0 Å². The van der Waals surface area contributed by atoms with Gasteiger partial charge in [-0.25, -0.2) is 4.98 Å². The van der Waals surface area contributed by atoms with Crippen molar-refractivity contribution in [2.75, 3.05) is 33.9 Å². The second-order valence-corrected chi connectivity index (χ2v) is 9.61. The Balaban J connectivity index is 1.65. The molecule has 7 heteroatoms. The molecule has 0 radical (unpaired) electrons. The summed E-state index contributed by atoms with van der Waals surface area (Å²) < 4.78 is 11.7. The Kier molecular flexibility index (Phi) is 8.23. The molecule has 4 rings (SSSR count). The molecule has 1 aromatic heterocycles. The van der Waals surface area contributed by atoms with E-state index in [2.05, 4.69) is 36.0 Å². The second kappa shape index (κ2) is 11.5. The Morgan fingerprint density at radius 3 is 2.56 bits per heavy atom. The number of benzene rings is 2. The third-order valence-electron chi connectivity index (χ3n) is 6.73. The minimum Gasteiger partial charge on any atom is -0.497 e. The SMILES string of the molecule is COc1ccc(-c2cnc3c(c2)C(=O)N([C@H](C)CO)C[C@@H](C)[C@@H](CN(C)Cc2ccccc2)O3)cc1. The molecule has 0 spiro atoms. The van der Waals surface area contributed by atoms with Crippen molar-refractivity contribution < 1.29 is 19.4 Å². The van der Waals surface area contributed by atoms with Gasteiger partial charge in [0.25, 0.3) is 5.91 Å². The van der Waals surface area contributed by atoms with E-state index in [0.29, 0.717) is 24.5 Å². The number of carbonyl (C=O) groups excluding carboxylic acids is 1. The first-order valence-electron chi connectivity index (χ1n) is 12.3. The molecule has 0 unspecified atom stereocenters. The van der Waals surface area contributed by atoms with Crippen LogP contribution in [0.2, 0.25) is 0 Å². The molecule has 1 N–H and O–H groups in total. The van der Waals surface area contributed by atoms with Gasteiger partial charge in [-0.1, -0.05) is 49.4 Å². The zero-order valence-corrected chi connectivity index (χ0v) is 21.4. The minimum atomic E-state index is -0.321. The van der Waals surface area contributed by atoms with Gasteiger partial charge in [-0.05, 0) is 43.3 Å². The highest BCUT2D eigenvalue weighted by atomic mass is 16.5. The number of methoxy groups -OCH3 is 1. The normalized spacial score (nSPS) is 18.7. The molecule has 3 atom stereocenters. The van der Waals surface area contributed by atoms with E-state index in [0.717, 1.165) is 23.4 Å². The Morgan fingerprint density at radius 1 is 1.17 bits per heavy atom. The fraction of sp³-hybridized carbons (Fsp3) is 0.379. The quantitative estimate of drug-likeness (QED) is 0.513. The van der Waals surface area contributed by atoms with Crippen LogP contribution in [0.4, 0.5) is 0 Å². The summed E-state index contributed by atoms with van der Waals surface area (Å²) in [6.07, 6.45) is 1.56. The fourth-order valence-electron chi connectivity index (χ4n) is 4.53. The largest absolute Gasteiger partial charge is 0.497 e. The zero-order valence-electron chi connectivity index (χ0n) is 21.4. The summed E-state index contributed by atoms with van der Waals surface area (Å²) in [5, 5.41) is 9.90. The number of hydrogen-bond donors (Lipinski definition) is 1. The van der Waals surface area contributed by atoms with Crippen LogP contribution < -0.4 is 9.47 Å². The lowest BCUT2D eigenvalue weighted by Gasteiger charge is -2.37. The standard InChI is InChI=1S/C29H35N3O4/c1-20-16-32(21(2)19-33)29(34)26-14-24(23-10-12-25(35-4)13-11-23)15-30-28(26)36-27(20)18-31(3)17-22-8-6-5-7-9-22/h5-15,20-21,27,33H,16-19H2,1-4H3/t20-,21-,27-/m1/s1. The Morgan fingerprint density at radius 2 is 1.89 bits per heavy atom. The summed E-state index contributed by atoms with van der Waals surface area (Å²) in [6, 6.07) is 19.5. The van der Waals surface area contributed by atoms with Crippen LogP contribution in [0.25, 0.3) is 11.1 Å². The number of ether oxygens (including phenoxy) is 2. The predicted octanol–water partition coefficient (Wildman–Crippen LogP) is 4.11. The van der Waals surface area contributed by atoms with Gasteiger partial charge in [-0.15, -0.1) is 0 Å². The molecule has 0 saturated heterocycles. The maximum atomic E-state index is 13.7. The maximum Gasteiger partial charge on any atom is 0.259 e. The van der Waals surface area contributed by atoms with Crippen LogP contribution in [-0.2, 0) is 6.54 Å². The number of hydrogen-bond acceptors (Lipinski definition) is 6. The van der Waals surface area contributed by atoms with E-state index in [1.807, 2.05) is 55.5 Å². The van der Waals surface area contributed by atoms with Gasteiger partial charge >= 0.3 is 0 Å². The lowest BCUT2D eigenvalue weighted by Crippen LogP contribution is -2.49. The summed E-state index contributed by atoms with van der Waals surface area (Å²) in [5.41, 5.74) is 3.38. The van der Waals surface area contributed by atoms with Gasteiger partial charge in [0, 0.05) is 37.3 Å². The minimum absolute atomic E-state index is 0.0392. The van der Waals surface area contributed by atoms with Crippen molar-refractivity contribution >= 4 is 5.91 Å². The highest BCUT2D eigenvalue weighted by Crippen LogP contribution is 2.31. The highest BCUT2D eigenvalue weighted by Gasteiger charge is 2.34. The van der Waals surface area contributed by atoms with Crippen molar-refractivity contribution in [2.45, 2.75) is 32.5 Å². The van der Waals surface area contributed by atoms with E-state index >= 15 is 0 Å². The van der Waals surface area contributed by atoms with Gasteiger partial charge in [0.1, 0.15) is 17.4 Å². The summed E-state index contributed by atoms with van der Waals surface area (Å²) in [5.74, 6) is 0.948. The molecule has 2 aromatic carbocycles. The number of pyridine rings is 1. The first-order chi connectivity index (χ1) is 17.4. The molecular formula is C29H35N3O4. The van der Waals surface area contributed by atoms with Crippen molar-refractivity contribution in [1.82, 2.24) is 14.8 Å². The van der Waals surface area contributed by atoms with Crippen LogP contribution in [0.1, 0.15) is 29.8 Å². The number of rotatable bonds is 8. The number of carbonyl (C=O) groups is 1. The van der Waals surface area contributed by atoms with E-state index in [1.54, 1.807) is 18.2 Å². The number of nitrogens with zero attached hydrogens (tertiary/aromatic N) is 3. The van der Waals surface area contributed by atoms with Crippen LogP contribution in [0.5, 0.6) is 11.6 Å². The number of amides is 1. The molecule has 1 aliphatic heterocycles. The molecule has 2 heterocycles. The van der Waals surface area contributed by atoms with Crippen LogP contribution in [0.15, 0.2) is 66.9 Å². The molecule has 0 fully saturated rings. The zero-order chi connectivity index (χ0) is 25.7. The molecule has 190 valence electrons. The van der Waals surface area contributed by atoms with E-state index in [9.17, 15) is 9.90 Å². The maximum absolute atomic E-state index is 13.7. The van der Waals surface area contributed by atoms with E-state index in [1.165, 1.54) is 5.56 Å². The number of aliphatic hydroxyl groups is 1. The van der Waals surface area contributed by atoms with Crippen molar-refractivity contribution in [3.63, 3.8) is 0 Å². The highest BCUT2D eigenvalue weighted by molar-refractivity contribution is 5.98. The summed E-state index contributed by atoms with van der Waals surface area (Å²) in [6.45, 7) is 5.79. The molecule has 1 amide bonds. The van der Waals surface area contributed by atoms with Crippen molar-refractivity contribution in [3.05, 3.63) is 78.0 Å². The third kappa shape index (κ3) is 5.86. The molecule has 0 bridgehead atoms. The van der Waals surface area contributed by atoms with Gasteiger partial charge in [0.2, 0.25) is 5.88 Å². The molecule has 36 heavy (non-hydrogen) atoms. The van der Waals surface area contributed by atoms with Gasteiger partial charge in [0.05, 0.1) is 19.8 Å². The average Bonchev–Trinajstić information content (AvgIpc) is 2.90. The van der Waals surface area contributed by atoms with Crippen LogP contribution in [-0.4, -0.2) is 71.8 Å². The molecule has 3 aromatic rings. The average molecular weight is 490 g/mol. The number of likely N-dealkylation sites (N-methyl/N-ethyl adjacent to an activating group) is 1. The lowest BCUT2D eigenvalue weighted by atomic mass is 9.99. The lowest BCUT2D eigenvalue weighted by molar-refractivity contribution is 0.0325. The fourth-order valence-corrected chi connectivity index (χ4v) is 4.53. The first kappa shape index (κ1) is 25.7. The van der Waals surface area contributed by atoms with Crippen molar-refractivity contribution in [3.8, 4) is 22.8 Å². The molecule has 0 aliphatic carbocycles. The van der Waals surface area contributed by atoms with E-state index in [4.69, 9.17) is 9.47 Å². The Hall–Kier alpha value is -3.42. The molecule has 1 aliphatic rings. The van der Waals surface area contributed by atoms with Crippen LogP contribution in [0.3, 0.4) is 0 Å². The van der Waals surface area contributed by atoms with Crippen molar-refractivity contribution in [2.24, 2.45) is 5.92 Å². The van der Waals surface area contributed by atoms with Gasteiger partial charge < -0.3 is 19.5 Å². The Bertz CT molecular complexity index is 1150. The van der Waals surface area contributed by atoms with Gasteiger partial charge in [-0.3, -0.25) is 9.69 Å². The molecular weight excluding hydrogens is 454 g/mol. The topological polar surface area (TPSA) is 75.1 Å². The number of aromatic nitrogens is 1. The second-order valence-electron chi connectivity index (χ2n) is 9.61. The van der Waals surface area contributed by atoms with E-state index < -0.39 is 0 Å². The third-order valence-corrected chi connectivity index (χ3v) is 6.73. The first-order valence-corrected chi connectivity index (χ1v) is 12.3. The number of aliphatic hydroxyl groups excluding tert-OH is 1.